The van der Waals surface area contributed by atoms with Crippen LogP contribution in [0.2, 0.25) is 0 Å². The van der Waals surface area contributed by atoms with Crippen LogP contribution in [0, 0.1) is 5.92 Å². The fraction of sp³-hybridized carbons (Fsp3) is 0.417. The molecule has 0 unspecified atom stereocenters. The monoisotopic (exact) mass is 436 g/mol. The lowest BCUT2D eigenvalue weighted by Gasteiger charge is -2.24. The van der Waals surface area contributed by atoms with Gasteiger partial charge >= 0.3 is 0 Å². The van der Waals surface area contributed by atoms with E-state index in [0.717, 1.165) is 73.8 Å². The predicted octanol–water partition coefficient (Wildman–Crippen LogP) is 3.75. The lowest BCUT2D eigenvalue weighted by atomic mass is 9.97. The standard InChI is InChI=1S/C24H28N4O2S/c29-31(30,20-10-9-18-5-1-2-6-19(18)15-20)23-21-7-3-4-8-22(21)27-24(28-23)26-16-17-11-13-25-14-12-17/h1-2,5-6,9-10,15,17,25H,3-4,7-8,11-14,16H2,(H,26,27,28). The molecule has 0 atom stereocenters. The van der Waals surface area contributed by atoms with E-state index in [4.69, 9.17) is 4.98 Å². The molecule has 0 saturated carbocycles. The van der Waals surface area contributed by atoms with E-state index in [1.165, 1.54) is 0 Å². The van der Waals surface area contributed by atoms with Crippen molar-refractivity contribution in [3.05, 3.63) is 53.7 Å². The van der Waals surface area contributed by atoms with Crippen LogP contribution >= 0.6 is 0 Å². The van der Waals surface area contributed by atoms with Gasteiger partial charge in [-0.1, -0.05) is 30.3 Å². The Morgan fingerprint density at radius 3 is 2.58 bits per heavy atom. The van der Waals surface area contributed by atoms with Gasteiger partial charge in [0.1, 0.15) is 0 Å². The number of aryl methyl sites for hydroxylation is 1. The van der Waals surface area contributed by atoms with Gasteiger partial charge in [0, 0.05) is 12.1 Å². The molecule has 0 radical (unpaired) electrons. The van der Waals surface area contributed by atoms with Gasteiger partial charge in [-0.2, -0.15) is 0 Å². The third kappa shape index (κ3) is 4.16. The molecule has 0 amide bonds. The van der Waals surface area contributed by atoms with Gasteiger partial charge in [-0.05, 0) is 80.4 Å². The molecule has 1 fully saturated rings. The molecule has 2 N–H and O–H groups in total. The quantitative estimate of drug-likeness (QED) is 0.593. The van der Waals surface area contributed by atoms with Gasteiger partial charge in [0.05, 0.1) is 10.6 Å². The smallest absolute Gasteiger partial charge is 0.224 e. The summed E-state index contributed by atoms with van der Waals surface area (Å²) < 4.78 is 27.4. The minimum absolute atomic E-state index is 0.181. The highest BCUT2D eigenvalue weighted by molar-refractivity contribution is 7.91. The molecular weight excluding hydrogens is 408 g/mol. The van der Waals surface area contributed by atoms with Crippen LogP contribution < -0.4 is 10.6 Å². The molecule has 162 valence electrons. The van der Waals surface area contributed by atoms with Crippen molar-refractivity contribution in [3.8, 4) is 0 Å². The number of nitrogens with one attached hydrogen (secondary N) is 2. The number of sulfone groups is 1. The van der Waals surface area contributed by atoms with E-state index in [1.807, 2.05) is 30.3 Å². The van der Waals surface area contributed by atoms with Gasteiger partial charge in [-0.25, -0.2) is 18.4 Å². The fourth-order valence-electron chi connectivity index (χ4n) is 4.63. The van der Waals surface area contributed by atoms with Crippen molar-refractivity contribution in [3.63, 3.8) is 0 Å². The number of hydrogen-bond donors (Lipinski definition) is 2. The second-order valence-corrected chi connectivity index (χ2v) is 10.4. The number of hydrogen-bond acceptors (Lipinski definition) is 6. The van der Waals surface area contributed by atoms with E-state index < -0.39 is 9.84 Å². The summed E-state index contributed by atoms with van der Waals surface area (Å²) in [5, 5.41) is 8.84. The van der Waals surface area contributed by atoms with Crippen molar-refractivity contribution in [2.24, 2.45) is 5.92 Å². The molecule has 31 heavy (non-hydrogen) atoms. The second-order valence-electron chi connectivity index (χ2n) is 8.57. The van der Waals surface area contributed by atoms with Crippen LogP contribution in [0.15, 0.2) is 52.4 Å². The van der Waals surface area contributed by atoms with Gasteiger partial charge < -0.3 is 10.6 Å². The first kappa shape index (κ1) is 20.4. The topological polar surface area (TPSA) is 84.0 Å². The lowest BCUT2D eigenvalue weighted by molar-refractivity contribution is 0.389. The fourth-order valence-corrected chi connectivity index (χ4v) is 6.13. The molecule has 1 aromatic heterocycles. The maximum Gasteiger partial charge on any atom is 0.224 e. The molecule has 1 aliphatic heterocycles. The van der Waals surface area contributed by atoms with Crippen LogP contribution in [0.1, 0.15) is 36.9 Å². The summed E-state index contributed by atoms with van der Waals surface area (Å²) in [5.74, 6) is 1.000. The van der Waals surface area contributed by atoms with Gasteiger partial charge in [-0.3, -0.25) is 0 Å². The van der Waals surface area contributed by atoms with Crippen LogP contribution in [0.25, 0.3) is 10.8 Å². The molecule has 2 aliphatic rings. The highest BCUT2D eigenvalue weighted by Gasteiger charge is 2.28. The normalized spacial score (nSPS) is 17.4. The van der Waals surface area contributed by atoms with E-state index in [9.17, 15) is 8.42 Å². The number of anilines is 1. The molecule has 5 rings (SSSR count). The van der Waals surface area contributed by atoms with Gasteiger partial charge in [0.2, 0.25) is 15.8 Å². The Hall–Kier alpha value is -2.51. The Balaban J connectivity index is 1.52. The van der Waals surface area contributed by atoms with Crippen LogP contribution in [0.5, 0.6) is 0 Å². The summed E-state index contributed by atoms with van der Waals surface area (Å²) in [5.41, 5.74) is 1.68. The number of piperidine rings is 1. The Labute approximate surface area is 183 Å². The molecule has 3 aromatic rings. The van der Waals surface area contributed by atoms with E-state index in [1.54, 1.807) is 12.1 Å². The molecule has 1 aliphatic carbocycles. The van der Waals surface area contributed by atoms with Crippen LogP contribution in [-0.4, -0.2) is 38.0 Å². The van der Waals surface area contributed by atoms with Gasteiger partial charge in [0.15, 0.2) is 5.03 Å². The first-order valence-electron chi connectivity index (χ1n) is 11.2. The maximum atomic E-state index is 13.7. The Bertz CT molecular complexity index is 1200. The molecule has 7 heteroatoms. The molecular formula is C24H28N4O2S. The summed E-state index contributed by atoms with van der Waals surface area (Å²) >= 11 is 0. The Kier molecular flexibility index (Phi) is 5.63. The third-order valence-corrected chi connectivity index (χ3v) is 8.16. The zero-order valence-electron chi connectivity index (χ0n) is 17.6. The first-order valence-corrected chi connectivity index (χ1v) is 12.7. The summed E-state index contributed by atoms with van der Waals surface area (Å²) in [6.45, 7) is 2.83. The largest absolute Gasteiger partial charge is 0.354 e. The molecule has 6 nitrogen and oxygen atoms in total. The highest BCUT2D eigenvalue weighted by Crippen LogP contribution is 2.31. The van der Waals surface area contributed by atoms with E-state index in [-0.39, 0.29) is 5.03 Å². The first-order chi connectivity index (χ1) is 15.1. The van der Waals surface area contributed by atoms with Crippen molar-refractivity contribution in [2.75, 3.05) is 25.0 Å². The maximum absolute atomic E-state index is 13.7. The number of nitrogens with zero attached hydrogens (tertiary/aromatic N) is 2. The number of rotatable bonds is 5. The summed E-state index contributed by atoms with van der Waals surface area (Å²) in [6.07, 6.45) is 5.75. The minimum Gasteiger partial charge on any atom is -0.354 e. The molecule has 1 saturated heterocycles. The predicted molar refractivity (Wildman–Crippen MR) is 122 cm³/mol. The molecule has 0 bridgehead atoms. The summed E-state index contributed by atoms with van der Waals surface area (Å²) in [4.78, 5) is 9.58. The summed E-state index contributed by atoms with van der Waals surface area (Å²) in [6, 6.07) is 13.1. The van der Waals surface area contributed by atoms with Crippen molar-refractivity contribution in [2.45, 2.75) is 48.4 Å². The Morgan fingerprint density at radius 2 is 1.74 bits per heavy atom. The third-order valence-electron chi connectivity index (χ3n) is 6.44. The minimum atomic E-state index is -3.74. The van der Waals surface area contributed by atoms with Gasteiger partial charge in [0.25, 0.3) is 0 Å². The lowest BCUT2D eigenvalue weighted by Crippen LogP contribution is -2.31. The zero-order chi connectivity index (χ0) is 21.3. The summed E-state index contributed by atoms with van der Waals surface area (Å²) in [7, 11) is -3.74. The van der Waals surface area contributed by atoms with Crippen LogP contribution in [-0.2, 0) is 22.7 Å². The van der Waals surface area contributed by atoms with E-state index in [2.05, 4.69) is 15.6 Å². The second kappa shape index (κ2) is 8.55. The van der Waals surface area contributed by atoms with Crippen LogP contribution in [0.3, 0.4) is 0 Å². The average Bonchev–Trinajstić information content (AvgIpc) is 2.82. The van der Waals surface area contributed by atoms with Crippen molar-refractivity contribution in [1.29, 1.82) is 0 Å². The Morgan fingerprint density at radius 1 is 0.968 bits per heavy atom. The van der Waals surface area contributed by atoms with Crippen molar-refractivity contribution >= 4 is 26.6 Å². The molecule has 0 spiro atoms. The zero-order valence-corrected chi connectivity index (χ0v) is 18.4. The van der Waals surface area contributed by atoms with E-state index >= 15 is 0 Å². The molecule has 2 aromatic carbocycles. The van der Waals surface area contributed by atoms with Crippen molar-refractivity contribution < 1.29 is 8.42 Å². The number of fused-ring (bicyclic) bond motifs is 2. The van der Waals surface area contributed by atoms with Crippen LogP contribution in [0.4, 0.5) is 5.95 Å². The SMILES string of the molecule is O=S(=O)(c1ccc2ccccc2c1)c1nc(NCC2CCNCC2)nc2c1CCCC2. The number of aromatic nitrogens is 2. The average molecular weight is 437 g/mol. The molecule has 2 heterocycles. The van der Waals surface area contributed by atoms with E-state index in [0.29, 0.717) is 23.2 Å². The number of benzene rings is 2. The van der Waals surface area contributed by atoms with Gasteiger partial charge in [-0.15, -0.1) is 0 Å². The highest BCUT2D eigenvalue weighted by atomic mass is 32.2. The van der Waals surface area contributed by atoms with Crippen molar-refractivity contribution in [1.82, 2.24) is 15.3 Å².